The van der Waals surface area contributed by atoms with Gasteiger partial charge in [-0.2, -0.15) is 0 Å². The van der Waals surface area contributed by atoms with Crippen LogP contribution in [0.1, 0.15) is 0 Å². The van der Waals surface area contributed by atoms with Crippen LogP contribution in [-0.2, 0) is 0 Å². The van der Waals surface area contributed by atoms with E-state index in [1.807, 2.05) is 0 Å². The van der Waals surface area contributed by atoms with Crippen LogP contribution < -0.4 is 15.9 Å². The van der Waals surface area contributed by atoms with Crippen molar-refractivity contribution in [2.24, 2.45) is 0 Å². The molecule has 0 spiro atoms. The second kappa shape index (κ2) is 9.78. The fourth-order valence-corrected chi connectivity index (χ4v) is 7.59. The number of benzene rings is 6. The summed E-state index contributed by atoms with van der Waals surface area (Å²) in [7, 11) is -0.598. The third-order valence-electron chi connectivity index (χ3n) is 7.19. The lowest BCUT2D eigenvalue weighted by atomic mass is 10.0. The molecule has 0 unspecified atom stereocenters. The second-order valence-corrected chi connectivity index (χ2v) is 11.8. The molecule has 0 atom stereocenters. The van der Waals surface area contributed by atoms with Gasteiger partial charge in [0.05, 0.1) is 0 Å². The Morgan fingerprint density at radius 3 is 1.24 bits per heavy atom. The molecule has 0 radical (unpaired) electrons. The Balaban J connectivity index is 1.24. The maximum absolute atomic E-state index is 3.67. The van der Waals surface area contributed by atoms with E-state index in [1.54, 1.807) is 0 Å². The first kappa shape index (κ1) is 22.7. The van der Waals surface area contributed by atoms with Gasteiger partial charge in [0.15, 0.2) is 0 Å². The molecule has 1 heterocycles. The number of aromatic nitrogens is 1. The molecule has 1 aromatic heterocycles. The van der Waals surface area contributed by atoms with Crippen LogP contribution in [-0.4, -0.2) is 4.98 Å². The normalized spacial score (nSPS) is 11.4. The molecular weight excluding hydrogens is 477 g/mol. The van der Waals surface area contributed by atoms with E-state index in [0.29, 0.717) is 0 Å². The minimum absolute atomic E-state index is 0.598. The van der Waals surface area contributed by atoms with E-state index in [1.165, 1.54) is 60.0 Å². The van der Waals surface area contributed by atoms with Gasteiger partial charge < -0.3 is 4.98 Å². The van der Waals surface area contributed by atoms with Crippen molar-refractivity contribution in [3.8, 4) is 22.3 Å². The minimum atomic E-state index is -0.598. The number of aromatic amines is 1. The van der Waals surface area contributed by atoms with Crippen LogP contribution >= 0.6 is 7.92 Å². The average molecular weight is 504 g/mol. The van der Waals surface area contributed by atoms with Gasteiger partial charge >= 0.3 is 0 Å². The van der Waals surface area contributed by atoms with Crippen LogP contribution in [0.2, 0.25) is 0 Å². The highest BCUT2D eigenvalue weighted by Crippen LogP contribution is 2.35. The summed E-state index contributed by atoms with van der Waals surface area (Å²) in [5.41, 5.74) is 7.26. The van der Waals surface area contributed by atoms with Crippen molar-refractivity contribution >= 4 is 45.6 Å². The molecule has 1 nitrogen and oxygen atoms in total. The number of nitrogens with one attached hydrogen (secondary N) is 1. The summed E-state index contributed by atoms with van der Waals surface area (Å²) in [6.45, 7) is 0. The summed E-state index contributed by atoms with van der Waals surface area (Å²) in [6.07, 6.45) is 0. The van der Waals surface area contributed by atoms with Gasteiger partial charge in [0.1, 0.15) is 0 Å². The van der Waals surface area contributed by atoms with Crippen molar-refractivity contribution < 1.29 is 0 Å². The molecule has 7 rings (SSSR count). The van der Waals surface area contributed by atoms with E-state index in [-0.39, 0.29) is 0 Å². The first-order chi connectivity index (χ1) is 18.8. The van der Waals surface area contributed by atoms with Gasteiger partial charge in [-0.3, -0.25) is 0 Å². The molecule has 2 heteroatoms. The Morgan fingerprint density at radius 2 is 0.737 bits per heavy atom. The summed E-state index contributed by atoms with van der Waals surface area (Å²) < 4.78 is 0. The lowest BCUT2D eigenvalue weighted by Gasteiger charge is -2.19. The molecular formula is C36H26NP. The van der Waals surface area contributed by atoms with E-state index in [4.69, 9.17) is 0 Å². The van der Waals surface area contributed by atoms with E-state index in [2.05, 4.69) is 157 Å². The number of fused-ring (bicyclic) bond motifs is 3. The van der Waals surface area contributed by atoms with Gasteiger partial charge in [0.2, 0.25) is 0 Å². The number of hydrogen-bond donors (Lipinski definition) is 1. The van der Waals surface area contributed by atoms with Crippen molar-refractivity contribution in [1.82, 2.24) is 4.98 Å². The van der Waals surface area contributed by atoms with Crippen LogP contribution in [0.25, 0.3) is 44.1 Å². The predicted octanol–water partition coefficient (Wildman–Crippen LogP) is 8.41. The fourth-order valence-electron chi connectivity index (χ4n) is 5.30. The van der Waals surface area contributed by atoms with E-state index < -0.39 is 7.92 Å². The van der Waals surface area contributed by atoms with Crippen LogP contribution in [0.15, 0.2) is 152 Å². The molecule has 0 saturated heterocycles. The third kappa shape index (κ3) is 4.22. The molecule has 0 fully saturated rings. The maximum atomic E-state index is 3.67. The second-order valence-electron chi connectivity index (χ2n) is 9.57. The van der Waals surface area contributed by atoms with E-state index in [0.717, 1.165) is 0 Å². The fraction of sp³-hybridized carbons (Fsp3) is 0. The Bertz CT molecular complexity index is 1800. The monoisotopic (exact) mass is 503 g/mol. The van der Waals surface area contributed by atoms with Gasteiger partial charge in [-0.25, -0.2) is 0 Å². The number of H-pyrrole nitrogens is 1. The van der Waals surface area contributed by atoms with Crippen molar-refractivity contribution in [2.75, 3.05) is 0 Å². The molecule has 0 aliphatic heterocycles. The molecule has 1 N–H and O–H groups in total. The first-order valence-electron chi connectivity index (χ1n) is 13.0. The summed E-state index contributed by atoms with van der Waals surface area (Å²) in [5.74, 6) is 0. The SMILES string of the molecule is c1ccc(-c2ccc3c(c2)[nH]c2cc(-c4ccc(P(c5ccccc5)c5ccccc5)cc4)ccc23)cc1. The largest absolute Gasteiger partial charge is 0.354 e. The Kier molecular flexibility index (Phi) is 5.85. The zero-order chi connectivity index (χ0) is 25.3. The van der Waals surface area contributed by atoms with Crippen LogP contribution in [0.5, 0.6) is 0 Å². The van der Waals surface area contributed by atoms with Crippen molar-refractivity contribution in [3.63, 3.8) is 0 Å². The number of hydrogen-bond acceptors (Lipinski definition) is 0. The smallest absolute Gasteiger partial charge is 0.0471 e. The van der Waals surface area contributed by atoms with Crippen LogP contribution in [0, 0.1) is 0 Å². The summed E-state index contributed by atoms with van der Waals surface area (Å²) in [6, 6.07) is 54.9. The highest BCUT2D eigenvalue weighted by Gasteiger charge is 2.16. The lowest BCUT2D eigenvalue weighted by molar-refractivity contribution is 1.54. The van der Waals surface area contributed by atoms with Crippen molar-refractivity contribution in [3.05, 3.63) is 152 Å². The van der Waals surface area contributed by atoms with Crippen molar-refractivity contribution in [1.29, 1.82) is 0 Å². The van der Waals surface area contributed by atoms with Crippen molar-refractivity contribution in [2.45, 2.75) is 0 Å². The Labute approximate surface area is 224 Å². The topological polar surface area (TPSA) is 15.8 Å². The first-order valence-corrected chi connectivity index (χ1v) is 14.3. The summed E-state index contributed by atoms with van der Waals surface area (Å²) in [5, 5.41) is 6.63. The average Bonchev–Trinajstić information content (AvgIpc) is 3.36. The molecule has 0 amide bonds. The molecule has 7 aromatic rings. The highest BCUT2D eigenvalue weighted by atomic mass is 31.1. The van der Waals surface area contributed by atoms with Crippen LogP contribution in [0.4, 0.5) is 0 Å². The molecule has 0 saturated carbocycles. The zero-order valence-corrected chi connectivity index (χ0v) is 21.8. The zero-order valence-electron chi connectivity index (χ0n) is 20.9. The van der Waals surface area contributed by atoms with Gasteiger partial charge in [-0.05, 0) is 58.2 Å². The minimum Gasteiger partial charge on any atom is -0.354 e. The van der Waals surface area contributed by atoms with E-state index >= 15 is 0 Å². The number of rotatable bonds is 5. The highest BCUT2D eigenvalue weighted by molar-refractivity contribution is 7.79. The third-order valence-corrected chi connectivity index (χ3v) is 9.64. The van der Waals surface area contributed by atoms with Gasteiger partial charge in [-0.15, -0.1) is 0 Å². The molecule has 6 aromatic carbocycles. The van der Waals surface area contributed by atoms with Gasteiger partial charge in [0, 0.05) is 21.8 Å². The molecule has 0 aliphatic rings. The Hall–Kier alpha value is -4.45. The molecule has 0 aliphatic carbocycles. The Morgan fingerprint density at radius 1 is 0.342 bits per heavy atom. The lowest BCUT2D eigenvalue weighted by Crippen LogP contribution is -2.20. The standard InChI is InChI=1S/C36H26NP/c1-4-10-26(11-5-1)28-18-22-33-34-23-19-29(25-36(34)37-35(33)24-28)27-16-20-32(21-17-27)38(30-12-6-2-7-13-30)31-14-8-3-9-15-31/h1-25,37H. The van der Waals surface area contributed by atoms with Crippen LogP contribution in [0.3, 0.4) is 0 Å². The maximum Gasteiger partial charge on any atom is 0.0471 e. The quantitative estimate of drug-likeness (QED) is 0.227. The van der Waals surface area contributed by atoms with Gasteiger partial charge in [-0.1, -0.05) is 140 Å². The van der Waals surface area contributed by atoms with Gasteiger partial charge in [0.25, 0.3) is 0 Å². The predicted molar refractivity (Wildman–Crippen MR) is 165 cm³/mol. The summed E-state index contributed by atoms with van der Waals surface area (Å²) in [4.78, 5) is 3.67. The molecule has 0 bridgehead atoms. The molecule has 38 heavy (non-hydrogen) atoms. The molecule has 180 valence electrons. The summed E-state index contributed by atoms with van der Waals surface area (Å²) >= 11 is 0. The van der Waals surface area contributed by atoms with E-state index in [9.17, 15) is 0 Å².